The van der Waals surface area contributed by atoms with E-state index in [1.165, 1.54) is 17.7 Å². The van der Waals surface area contributed by atoms with Gasteiger partial charge in [0.15, 0.2) is 0 Å². The zero-order chi connectivity index (χ0) is 16.0. The molecule has 0 amide bonds. The van der Waals surface area contributed by atoms with Crippen LogP contribution in [0.1, 0.15) is 59.1 Å². The van der Waals surface area contributed by atoms with Crippen LogP contribution in [0.15, 0.2) is 18.2 Å². The van der Waals surface area contributed by atoms with Crippen molar-refractivity contribution in [2.75, 3.05) is 11.4 Å². The number of aliphatic hydroxyl groups is 1. The standard InChI is InChI=1S/C17H23NO.C2H6/c1-13(2)18-12-6-8-15-14(7-5-9-16(15)18)10-11-17(3,4)19;1-2/h5,7,9,13,19H,6,8,12H2,1-4H3;1-2H3. The van der Waals surface area contributed by atoms with Crippen LogP contribution in [0, 0.1) is 11.8 Å². The van der Waals surface area contributed by atoms with E-state index in [9.17, 15) is 5.11 Å². The van der Waals surface area contributed by atoms with Crippen molar-refractivity contribution in [3.63, 3.8) is 0 Å². The molecule has 0 aliphatic carbocycles. The molecule has 0 unspecified atom stereocenters. The number of benzene rings is 1. The smallest absolute Gasteiger partial charge is 0.120 e. The molecule has 0 fully saturated rings. The van der Waals surface area contributed by atoms with Gasteiger partial charge < -0.3 is 10.0 Å². The van der Waals surface area contributed by atoms with Gasteiger partial charge in [-0.1, -0.05) is 31.8 Å². The minimum Gasteiger partial charge on any atom is -0.378 e. The van der Waals surface area contributed by atoms with Crippen LogP contribution in [-0.4, -0.2) is 23.3 Å². The van der Waals surface area contributed by atoms with E-state index >= 15 is 0 Å². The Balaban J connectivity index is 0.00000106. The van der Waals surface area contributed by atoms with E-state index in [1.807, 2.05) is 13.8 Å². The Kier molecular flexibility index (Phi) is 6.30. The third kappa shape index (κ3) is 4.79. The number of fused-ring (bicyclic) bond motifs is 1. The zero-order valence-electron chi connectivity index (χ0n) is 14.3. The molecule has 2 rings (SSSR count). The fourth-order valence-corrected chi connectivity index (χ4v) is 2.53. The van der Waals surface area contributed by atoms with Crippen LogP contribution >= 0.6 is 0 Å². The first kappa shape index (κ1) is 17.6. The summed E-state index contributed by atoms with van der Waals surface area (Å²) in [6.45, 7) is 13.0. The van der Waals surface area contributed by atoms with Crippen molar-refractivity contribution in [2.24, 2.45) is 0 Å². The second-order valence-corrected chi connectivity index (χ2v) is 6.00. The highest BCUT2D eigenvalue weighted by molar-refractivity contribution is 5.62. The minimum atomic E-state index is -0.935. The van der Waals surface area contributed by atoms with Gasteiger partial charge in [0, 0.05) is 23.8 Å². The van der Waals surface area contributed by atoms with Crippen LogP contribution in [0.4, 0.5) is 5.69 Å². The Morgan fingerprint density at radius 2 is 1.90 bits per heavy atom. The fourth-order valence-electron chi connectivity index (χ4n) is 2.53. The van der Waals surface area contributed by atoms with E-state index < -0.39 is 5.60 Å². The van der Waals surface area contributed by atoms with Gasteiger partial charge in [0.25, 0.3) is 0 Å². The Hall–Kier alpha value is -1.46. The van der Waals surface area contributed by atoms with Crippen LogP contribution < -0.4 is 4.90 Å². The topological polar surface area (TPSA) is 23.5 Å². The lowest BCUT2D eigenvalue weighted by Gasteiger charge is -2.35. The third-order valence-electron chi connectivity index (χ3n) is 3.41. The molecule has 1 aliphatic rings. The Bertz CT molecular complexity index is 515. The summed E-state index contributed by atoms with van der Waals surface area (Å²) in [5.41, 5.74) is 2.77. The van der Waals surface area contributed by atoms with Gasteiger partial charge in [-0.05, 0) is 58.2 Å². The molecule has 0 saturated carbocycles. The number of anilines is 1. The molecule has 116 valence electrons. The van der Waals surface area contributed by atoms with Crippen LogP contribution in [0.3, 0.4) is 0 Å². The summed E-state index contributed by atoms with van der Waals surface area (Å²) in [6.07, 6.45) is 2.25. The van der Waals surface area contributed by atoms with E-state index in [-0.39, 0.29) is 0 Å². The molecule has 2 nitrogen and oxygen atoms in total. The largest absolute Gasteiger partial charge is 0.378 e. The summed E-state index contributed by atoms with van der Waals surface area (Å²) in [4.78, 5) is 2.44. The van der Waals surface area contributed by atoms with Gasteiger partial charge in [0.2, 0.25) is 0 Å². The van der Waals surface area contributed by atoms with Crippen molar-refractivity contribution in [2.45, 2.75) is 66.0 Å². The van der Waals surface area contributed by atoms with Crippen LogP contribution in [0.2, 0.25) is 0 Å². The van der Waals surface area contributed by atoms with Crippen LogP contribution in [-0.2, 0) is 6.42 Å². The molecule has 0 spiro atoms. The Morgan fingerprint density at radius 1 is 1.24 bits per heavy atom. The molecule has 0 bridgehead atoms. The highest BCUT2D eigenvalue weighted by Crippen LogP contribution is 2.30. The number of rotatable bonds is 1. The first-order valence-corrected chi connectivity index (χ1v) is 8.02. The summed E-state index contributed by atoms with van der Waals surface area (Å²) in [7, 11) is 0. The molecule has 0 saturated heterocycles. The van der Waals surface area contributed by atoms with Gasteiger partial charge in [-0.15, -0.1) is 0 Å². The average molecular weight is 287 g/mol. The summed E-state index contributed by atoms with van der Waals surface area (Å²) in [5.74, 6) is 6.06. The maximum absolute atomic E-state index is 9.74. The van der Waals surface area contributed by atoms with Crippen molar-refractivity contribution < 1.29 is 5.11 Å². The third-order valence-corrected chi connectivity index (χ3v) is 3.41. The molecular formula is C19H29NO. The highest BCUT2D eigenvalue weighted by atomic mass is 16.3. The maximum Gasteiger partial charge on any atom is 0.120 e. The fraction of sp³-hybridized carbons (Fsp3) is 0.579. The minimum absolute atomic E-state index is 0.511. The summed E-state index contributed by atoms with van der Waals surface area (Å²) < 4.78 is 0. The lowest BCUT2D eigenvalue weighted by Crippen LogP contribution is -2.35. The SMILES string of the molecule is CC.CC(C)N1CCCc2c(C#CC(C)(C)O)cccc21. The van der Waals surface area contributed by atoms with E-state index in [4.69, 9.17) is 0 Å². The predicted molar refractivity (Wildman–Crippen MR) is 91.8 cm³/mol. The van der Waals surface area contributed by atoms with Crippen molar-refractivity contribution in [1.29, 1.82) is 0 Å². The average Bonchev–Trinajstić information content (AvgIpc) is 2.45. The number of hydrogen-bond acceptors (Lipinski definition) is 2. The summed E-state index contributed by atoms with van der Waals surface area (Å²) in [5, 5.41) is 9.74. The van der Waals surface area contributed by atoms with Crippen molar-refractivity contribution in [3.8, 4) is 11.8 Å². The highest BCUT2D eigenvalue weighted by Gasteiger charge is 2.20. The summed E-state index contributed by atoms with van der Waals surface area (Å²) >= 11 is 0. The molecule has 1 aliphatic heterocycles. The second-order valence-electron chi connectivity index (χ2n) is 6.00. The van der Waals surface area contributed by atoms with Crippen molar-refractivity contribution in [3.05, 3.63) is 29.3 Å². The Morgan fingerprint density at radius 3 is 2.48 bits per heavy atom. The van der Waals surface area contributed by atoms with Gasteiger partial charge in [-0.3, -0.25) is 0 Å². The van der Waals surface area contributed by atoms with Gasteiger partial charge in [0.1, 0.15) is 5.60 Å². The van der Waals surface area contributed by atoms with E-state index in [0.717, 1.165) is 18.5 Å². The molecule has 1 aromatic carbocycles. The number of nitrogens with zero attached hydrogens (tertiary/aromatic N) is 1. The number of hydrogen-bond donors (Lipinski definition) is 1. The molecule has 0 atom stereocenters. The van der Waals surface area contributed by atoms with Crippen molar-refractivity contribution in [1.82, 2.24) is 0 Å². The Labute approximate surface area is 130 Å². The monoisotopic (exact) mass is 287 g/mol. The van der Waals surface area contributed by atoms with Gasteiger partial charge in [0.05, 0.1) is 0 Å². The predicted octanol–water partition coefficient (Wildman–Crippen LogP) is 4.00. The van der Waals surface area contributed by atoms with Gasteiger partial charge >= 0.3 is 0 Å². The van der Waals surface area contributed by atoms with Crippen LogP contribution in [0.5, 0.6) is 0 Å². The molecule has 0 radical (unpaired) electrons. The molecular weight excluding hydrogens is 258 g/mol. The first-order chi connectivity index (χ1) is 9.88. The maximum atomic E-state index is 9.74. The normalized spacial score (nSPS) is 13.8. The lowest BCUT2D eigenvalue weighted by atomic mass is 9.95. The molecule has 1 heterocycles. The second kappa shape index (κ2) is 7.52. The lowest BCUT2D eigenvalue weighted by molar-refractivity contribution is 0.143. The van der Waals surface area contributed by atoms with E-state index in [1.54, 1.807) is 13.8 Å². The van der Waals surface area contributed by atoms with E-state index in [2.05, 4.69) is 48.8 Å². The van der Waals surface area contributed by atoms with Crippen molar-refractivity contribution >= 4 is 5.69 Å². The summed E-state index contributed by atoms with van der Waals surface area (Å²) in [6, 6.07) is 6.82. The van der Waals surface area contributed by atoms with Gasteiger partial charge in [-0.2, -0.15) is 0 Å². The molecule has 0 aromatic heterocycles. The molecule has 1 N–H and O–H groups in total. The quantitative estimate of drug-likeness (QED) is 0.789. The zero-order valence-corrected chi connectivity index (χ0v) is 14.3. The van der Waals surface area contributed by atoms with E-state index in [0.29, 0.717) is 6.04 Å². The molecule has 21 heavy (non-hydrogen) atoms. The first-order valence-electron chi connectivity index (χ1n) is 8.02. The van der Waals surface area contributed by atoms with Crippen LogP contribution in [0.25, 0.3) is 0 Å². The molecule has 1 aromatic rings. The van der Waals surface area contributed by atoms with Gasteiger partial charge in [-0.25, -0.2) is 0 Å². The molecule has 2 heteroatoms.